The smallest absolute Gasteiger partial charge is 0.317 e. The van der Waals surface area contributed by atoms with Crippen LogP contribution in [0.25, 0.3) is 0 Å². The molecule has 118 valence electrons. The molecule has 1 rings (SSSR count). The molecule has 0 unspecified atom stereocenters. The molecule has 1 aromatic rings. The van der Waals surface area contributed by atoms with Crippen molar-refractivity contribution in [1.29, 1.82) is 0 Å². The lowest BCUT2D eigenvalue weighted by Gasteiger charge is -2.20. The Kier molecular flexibility index (Phi) is 6.20. The van der Waals surface area contributed by atoms with E-state index in [1.165, 1.54) is 6.26 Å². The highest BCUT2D eigenvalue weighted by Crippen LogP contribution is 2.08. The zero-order chi connectivity index (χ0) is 16.0. The van der Waals surface area contributed by atoms with Gasteiger partial charge in [-0.1, -0.05) is 38.1 Å². The minimum Gasteiger partial charge on any atom is -0.334 e. The Morgan fingerprint density at radius 3 is 2.19 bits per heavy atom. The number of sulfone groups is 1. The van der Waals surface area contributed by atoms with Gasteiger partial charge in [-0.2, -0.15) is 0 Å². The van der Waals surface area contributed by atoms with Gasteiger partial charge in [-0.25, -0.2) is 13.2 Å². The number of nitrogens with zero attached hydrogens (tertiary/aromatic N) is 1. The number of carbonyl (C=O) groups is 1. The Balaban J connectivity index is 2.51. The van der Waals surface area contributed by atoms with Crippen LogP contribution in [0.5, 0.6) is 0 Å². The summed E-state index contributed by atoms with van der Waals surface area (Å²) in [6.45, 7) is 5.26. The second-order valence-electron chi connectivity index (χ2n) is 5.82. The van der Waals surface area contributed by atoms with Gasteiger partial charge in [0.15, 0.2) is 9.84 Å². The van der Waals surface area contributed by atoms with E-state index < -0.39 is 9.84 Å². The van der Waals surface area contributed by atoms with Crippen molar-refractivity contribution in [1.82, 2.24) is 10.2 Å². The molecule has 0 aliphatic carbocycles. The zero-order valence-corrected chi connectivity index (χ0v) is 13.9. The van der Waals surface area contributed by atoms with E-state index in [2.05, 4.69) is 19.2 Å². The fourth-order valence-corrected chi connectivity index (χ4v) is 2.80. The van der Waals surface area contributed by atoms with Gasteiger partial charge < -0.3 is 10.2 Å². The summed E-state index contributed by atoms with van der Waals surface area (Å²) < 4.78 is 22.4. The molecule has 0 saturated heterocycles. The molecule has 6 heteroatoms. The van der Waals surface area contributed by atoms with E-state index in [1.54, 1.807) is 24.1 Å². The Bertz CT molecular complexity index is 565. The maximum Gasteiger partial charge on any atom is 0.317 e. The fourth-order valence-electron chi connectivity index (χ4n) is 2.00. The molecule has 0 bridgehead atoms. The summed E-state index contributed by atoms with van der Waals surface area (Å²) in [5, 5.41) is 2.84. The van der Waals surface area contributed by atoms with E-state index in [4.69, 9.17) is 0 Å². The van der Waals surface area contributed by atoms with Gasteiger partial charge in [-0.05, 0) is 17.0 Å². The molecular formula is C15H24N2O3S. The Morgan fingerprint density at radius 2 is 1.71 bits per heavy atom. The monoisotopic (exact) mass is 312 g/mol. The average Bonchev–Trinajstić information content (AvgIpc) is 2.35. The molecule has 0 aliphatic rings. The van der Waals surface area contributed by atoms with Crippen molar-refractivity contribution in [3.8, 4) is 0 Å². The minimum atomic E-state index is -3.01. The van der Waals surface area contributed by atoms with E-state index in [0.717, 1.165) is 11.1 Å². The van der Waals surface area contributed by atoms with Gasteiger partial charge in [-0.15, -0.1) is 0 Å². The molecule has 0 saturated carbocycles. The molecule has 0 spiro atoms. The maximum absolute atomic E-state index is 11.8. The van der Waals surface area contributed by atoms with Crippen molar-refractivity contribution in [2.75, 3.05) is 19.8 Å². The molecule has 1 N–H and O–H groups in total. The van der Waals surface area contributed by atoms with E-state index in [-0.39, 0.29) is 11.8 Å². The zero-order valence-electron chi connectivity index (χ0n) is 13.1. The van der Waals surface area contributed by atoms with E-state index in [9.17, 15) is 13.2 Å². The quantitative estimate of drug-likeness (QED) is 0.874. The molecule has 21 heavy (non-hydrogen) atoms. The molecular weight excluding hydrogens is 288 g/mol. The number of rotatable bonds is 6. The van der Waals surface area contributed by atoms with Crippen LogP contribution in [0.2, 0.25) is 0 Å². The number of urea groups is 1. The van der Waals surface area contributed by atoms with Crippen molar-refractivity contribution >= 4 is 15.9 Å². The van der Waals surface area contributed by atoms with Gasteiger partial charge >= 0.3 is 6.03 Å². The summed E-state index contributed by atoms with van der Waals surface area (Å²) in [4.78, 5) is 13.5. The first-order valence-corrected chi connectivity index (χ1v) is 8.98. The highest BCUT2D eigenvalue weighted by molar-refractivity contribution is 7.89. The van der Waals surface area contributed by atoms with E-state index in [0.29, 0.717) is 19.0 Å². The summed E-state index contributed by atoms with van der Waals surface area (Å²) in [6, 6.07) is 7.12. The first-order chi connectivity index (χ1) is 9.67. The molecule has 5 nitrogen and oxygen atoms in total. The molecule has 0 heterocycles. The molecule has 0 atom stereocenters. The highest BCUT2D eigenvalue weighted by Gasteiger charge is 2.09. The van der Waals surface area contributed by atoms with Crippen LogP contribution < -0.4 is 5.32 Å². The molecule has 2 amide bonds. The Hall–Kier alpha value is -1.56. The first kappa shape index (κ1) is 17.5. The van der Waals surface area contributed by atoms with Crippen LogP contribution >= 0.6 is 0 Å². The van der Waals surface area contributed by atoms with Crippen molar-refractivity contribution in [2.45, 2.75) is 26.1 Å². The summed E-state index contributed by atoms with van der Waals surface area (Å²) in [7, 11) is -1.25. The van der Waals surface area contributed by atoms with Crippen molar-refractivity contribution in [2.24, 2.45) is 5.92 Å². The van der Waals surface area contributed by atoms with Gasteiger partial charge in [0.25, 0.3) is 0 Å². The third-order valence-corrected chi connectivity index (χ3v) is 3.74. The van der Waals surface area contributed by atoms with Crippen LogP contribution in [0.15, 0.2) is 24.3 Å². The molecule has 0 aromatic heterocycles. The van der Waals surface area contributed by atoms with E-state index in [1.807, 2.05) is 12.1 Å². The van der Waals surface area contributed by atoms with Crippen LogP contribution in [0.3, 0.4) is 0 Å². The molecule has 1 aromatic carbocycles. The number of amides is 2. The molecule has 0 fully saturated rings. The van der Waals surface area contributed by atoms with Crippen molar-refractivity contribution in [3.63, 3.8) is 0 Å². The van der Waals surface area contributed by atoms with Gasteiger partial charge in [0.05, 0.1) is 5.75 Å². The third-order valence-electron chi connectivity index (χ3n) is 2.88. The second kappa shape index (κ2) is 7.45. The number of nitrogens with one attached hydrogen (secondary N) is 1. The predicted molar refractivity (Wildman–Crippen MR) is 84.7 cm³/mol. The summed E-state index contributed by atoms with van der Waals surface area (Å²) in [5.41, 5.74) is 1.70. The van der Waals surface area contributed by atoms with Crippen LogP contribution in [0.1, 0.15) is 25.0 Å². The topological polar surface area (TPSA) is 66.5 Å². The minimum absolute atomic E-state index is 0.0385. The average molecular weight is 312 g/mol. The normalized spacial score (nSPS) is 11.5. The largest absolute Gasteiger partial charge is 0.334 e. The number of carbonyl (C=O) groups excluding carboxylic acids is 1. The van der Waals surface area contributed by atoms with Crippen LogP contribution in [0.4, 0.5) is 4.79 Å². The van der Waals surface area contributed by atoms with Crippen molar-refractivity contribution in [3.05, 3.63) is 35.4 Å². The van der Waals surface area contributed by atoms with Gasteiger partial charge in [0.1, 0.15) is 0 Å². The van der Waals surface area contributed by atoms with Crippen LogP contribution in [-0.4, -0.2) is 39.2 Å². The SMILES string of the molecule is CC(C)CN(C)C(=O)NCc1ccc(CS(C)(=O)=O)cc1. The summed E-state index contributed by atoms with van der Waals surface area (Å²) in [6.07, 6.45) is 1.21. The summed E-state index contributed by atoms with van der Waals surface area (Å²) >= 11 is 0. The first-order valence-electron chi connectivity index (χ1n) is 6.92. The van der Waals surface area contributed by atoms with Gasteiger partial charge in [0, 0.05) is 26.4 Å². The lowest BCUT2D eigenvalue weighted by atomic mass is 10.1. The Morgan fingerprint density at radius 1 is 1.19 bits per heavy atom. The highest BCUT2D eigenvalue weighted by atomic mass is 32.2. The van der Waals surface area contributed by atoms with Crippen LogP contribution in [-0.2, 0) is 22.1 Å². The maximum atomic E-state index is 11.8. The van der Waals surface area contributed by atoms with Crippen molar-refractivity contribution < 1.29 is 13.2 Å². The van der Waals surface area contributed by atoms with Crippen LogP contribution in [0, 0.1) is 5.92 Å². The van der Waals surface area contributed by atoms with E-state index >= 15 is 0 Å². The van der Waals surface area contributed by atoms with Gasteiger partial charge in [0.2, 0.25) is 0 Å². The second-order valence-corrected chi connectivity index (χ2v) is 7.96. The standard InChI is InChI=1S/C15H24N2O3S/c1-12(2)10-17(3)15(18)16-9-13-5-7-14(8-6-13)11-21(4,19)20/h5-8,12H,9-11H2,1-4H3,(H,16,18). The molecule has 0 aliphatic heterocycles. The fraction of sp³-hybridized carbons (Fsp3) is 0.533. The van der Waals surface area contributed by atoms with Gasteiger partial charge in [-0.3, -0.25) is 0 Å². The summed E-state index contributed by atoms with van der Waals surface area (Å²) in [5.74, 6) is 0.465. The lowest BCUT2D eigenvalue weighted by Crippen LogP contribution is -2.38. The molecule has 0 radical (unpaired) electrons. The lowest BCUT2D eigenvalue weighted by molar-refractivity contribution is 0.203. The number of hydrogen-bond donors (Lipinski definition) is 1. The Labute approximate surface area is 127 Å². The number of hydrogen-bond acceptors (Lipinski definition) is 3. The predicted octanol–water partition coefficient (Wildman–Crippen LogP) is 2.03. The number of benzene rings is 1. The third kappa shape index (κ3) is 7.13.